The van der Waals surface area contributed by atoms with E-state index in [1.165, 1.54) is 12.8 Å². The number of nitrogens with one attached hydrogen (secondary N) is 1. The third-order valence-corrected chi connectivity index (χ3v) is 4.45. The SMILES string of the molecule is Clc1cccc(N2CCNC3CCC32)c1Cl. The average Bonchev–Trinajstić information content (AvgIpc) is 2.24. The molecular weight excluding hydrogens is 243 g/mol. The molecule has 0 amide bonds. The molecule has 1 aliphatic carbocycles. The Hall–Kier alpha value is -0.440. The van der Waals surface area contributed by atoms with Crippen molar-refractivity contribution >= 4 is 28.9 Å². The topological polar surface area (TPSA) is 15.3 Å². The minimum Gasteiger partial charge on any atom is -0.364 e. The number of hydrogen-bond acceptors (Lipinski definition) is 2. The highest BCUT2D eigenvalue weighted by Gasteiger charge is 2.38. The lowest BCUT2D eigenvalue weighted by Gasteiger charge is -2.50. The zero-order valence-electron chi connectivity index (χ0n) is 8.92. The van der Waals surface area contributed by atoms with Crippen molar-refractivity contribution in [3.63, 3.8) is 0 Å². The first-order valence-electron chi connectivity index (χ1n) is 5.71. The van der Waals surface area contributed by atoms with Crippen molar-refractivity contribution in [2.45, 2.75) is 24.9 Å². The number of anilines is 1. The second kappa shape index (κ2) is 4.10. The molecule has 2 aliphatic rings. The van der Waals surface area contributed by atoms with Gasteiger partial charge in [-0.05, 0) is 25.0 Å². The first-order chi connectivity index (χ1) is 7.77. The van der Waals surface area contributed by atoms with Crippen molar-refractivity contribution in [2.75, 3.05) is 18.0 Å². The molecule has 1 saturated carbocycles. The molecule has 2 nitrogen and oxygen atoms in total. The normalized spacial score (nSPS) is 28.5. The van der Waals surface area contributed by atoms with Gasteiger partial charge >= 0.3 is 0 Å². The standard InChI is InChI=1S/C12H14Cl2N2/c13-8-2-1-3-11(12(8)14)16-7-6-15-9-4-5-10(9)16/h1-3,9-10,15H,4-7H2. The molecule has 1 N–H and O–H groups in total. The maximum atomic E-state index is 6.27. The molecule has 1 aromatic carbocycles. The first-order valence-corrected chi connectivity index (χ1v) is 6.47. The monoisotopic (exact) mass is 256 g/mol. The molecule has 2 atom stereocenters. The van der Waals surface area contributed by atoms with Crippen LogP contribution < -0.4 is 10.2 Å². The van der Waals surface area contributed by atoms with Crippen LogP contribution in [0.5, 0.6) is 0 Å². The van der Waals surface area contributed by atoms with Crippen LogP contribution in [0, 0.1) is 0 Å². The maximum Gasteiger partial charge on any atom is 0.0825 e. The lowest BCUT2D eigenvalue weighted by atomic mass is 9.83. The Labute approximate surface area is 106 Å². The highest BCUT2D eigenvalue weighted by molar-refractivity contribution is 6.43. The molecule has 0 spiro atoms. The first kappa shape index (κ1) is 10.7. The minimum absolute atomic E-state index is 0.602. The fraction of sp³-hybridized carbons (Fsp3) is 0.500. The Morgan fingerprint density at radius 2 is 2.12 bits per heavy atom. The van der Waals surface area contributed by atoms with Gasteiger partial charge < -0.3 is 10.2 Å². The second-order valence-corrected chi connectivity index (χ2v) is 5.26. The molecule has 0 aromatic heterocycles. The molecule has 1 saturated heterocycles. The molecule has 2 unspecified atom stereocenters. The molecule has 4 heteroatoms. The summed E-state index contributed by atoms with van der Waals surface area (Å²) < 4.78 is 0. The predicted molar refractivity (Wildman–Crippen MR) is 68.6 cm³/mol. The molecule has 1 aliphatic heterocycles. The van der Waals surface area contributed by atoms with Gasteiger partial charge in [0.15, 0.2) is 0 Å². The van der Waals surface area contributed by atoms with Crippen molar-refractivity contribution < 1.29 is 0 Å². The van der Waals surface area contributed by atoms with Gasteiger partial charge in [0.25, 0.3) is 0 Å². The van der Waals surface area contributed by atoms with Gasteiger partial charge in [-0.2, -0.15) is 0 Å². The number of nitrogens with zero attached hydrogens (tertiary/aromatic N) is 1. The van der Waals surface area contributed by atoms with Crippen molar-refractivity contribution in [3.05, 3.63) is 28.2 Å². The van der Waals surface area contributed by atoms with Crippen molar-refractivity contribution in [1.29, 1.82) is 0 Å². The highest BCUT2D eigenvalue weighted by Crippen LogP contribution is 2.38. The van der Waals surface area contributed by atoms with E-state index in [0.717, 1.165) is 18.8 Å². The van der Waals surface area contributed by atoms with E-state index in [0.29, 0.717) is 22.1 Å². The molecule has 3 rings (SSSR count). The zero-order valence-corrected chi connectivity index (χ0v) is 10.4. The summed E-state index contributed by atoms with van der Waals surface area (Å²) in [5.74, 6) is 0. The number of rotatable bonds is 1. The Balaban J connectivity index is 1.93. The Morgan fingerprint density at radius 3 is 2.88 bits per heavy atom. The van der Waals surface area contributed by atoms with E-state index < -0.39 is 0 Å². The summed E-state index contributed by atoms with van der Waals surface area (Å²) in [6.45, 7) is 2.05. The number of halogens is 2. The summed E-state index contributed by atoms with van der Waals surface area (Å²) in [5.41, 5.74) is 1.09. The van der Waals surface area contributed by atoms with E-state index in [1.807, 2.05) is 12.1 Å². The molecule has 0 radical (unpaired) electrons. The predicted octanol–water partition coefficient (Wildman–Crippen LogP) is 2.93. The molecule has 1 aromatic rings. The van der Waals surface area contributed by atoms with Crippen LogP contribution in [0.15, 0.2) is 18.2 Å². The van der Waals surface area contributed by atoms with Gasteiger partial charge in [-0.1, -0.05) is 29.3 Å². The van der Waals surface area contributed by atoms with Gasteiger partial charge in [0.2, 0.25) is 0 Å². The molecule has 86 valence electrons. The van der Waals surface area contributed by atoms with Crippen LogP contribution in [0.3, 0.4) is 0 Å². The van der Waals surface area contributed by atoms with E-state index in [1.54, 1.807) is 0 Å². The summed E-state index contributed by atoms with van der Waals surface area (Å²) in [5, 5.41) is 4.87. The van der Waals surface area contributed by atoms with Gasteiger partial charge in [-0.3, -0.25) is 0 Å². The van der Waals surface area contributed by atoms with E-state index in [4.69, 9.17) is 23.2 Å². The smallest absolute Gasteiger partial charge is 0.0825 e. The Morgan fingerprint density at radius 1 is 1.25 bits per heavy atom. The van der Waals surface area contributed by atoms with Crippen molar-refractivity contribution in [1.82, 2.24) is 5.32 Å². The van der Waals surface area contributed by atoms with Gasteiger partial charge in [0.1, 0.15) is 0 Å². The maximum absolute atomic E-state index is 6.27. The van der Waals surface area contributed by atoms with Gasteiger partial charge in [-0.15, -0.1) is 0 Å². The van der Waals surface area contributed by atoms with Gasteiger partial charge in [-0.25, -0.2) is 0 Å². The number of fused-ring (bicyclic) bond motifs is 1. The minimum atomic E-state index is 0.602. The van der Waals surface area contributed by atoms with E-state index >= 15 is 0 Å². The molecule has 2 fully saturated rings. The van der Waals surface area contributed by atoms with Crippen molar-refractivity contribution in [3.8, 4) is 0 Å². The number of hydrogen-bond donors (Lipinski definition) is 1. The van der Waals surface area contributed by atoms with Crippen LogP contribution in [0.25, 0.3) is 0 Å². The molecule has 16 heavy (non-hydrogen) atoms. The summed E-state index contributed by atoms with van der Waals surface area (Å²) >= 11 is 12.3. The third-order valence-electron chi connectivity index (χ3n) is 3.64. The van der Waals surface area contributed by atoms with Crippen molar-refractivity contribution in [2.24, 2.45) is 0 Å². The van der Waals surface area contributed by atoms with Crippen LogP contribution in [0.1, 0.15) is 12.8 Å². The summed E-state index contributed by atoms with van der Waals surface area (Å²) in [4.78, 5) is 2.40. The van der Waals surface area contributed by atoms with E-state index in [-0.39, 0.29) is 0 Å². The second-order valence-electron chi connectivity index (χ2n) is 4.47. The fourth-order valence-electron chi connectivity index (χ4n) is 2.64. The zero-order chi connectivity index (χ0) is 11.1. The van der Waals surface area contributed by atoms with Crippen LogP contribution >= 0.6 is 23.2 Å². The molecule has 0 bridgehead atoms. The fourth-order valence-corrected chi connectivity index (χ4v) is 3.05. The Bertz CT molecular complexity index is 408. The lowest BCUT2D eigenvalue weighted by Crippen LogP contribution is -2.63. The van der Waals surface area contributed by atoms with E-state index in [9.17, 15) is 0 Å². The van der Waals surface area contributed by atoms with E-state index in [2.05, 4.69) is 16.3 Å². The summed E-state index contributed by atoms with van der Waals surface area (Å²) in [6, 6.07) is 7.12. The summed E-state index contributed by atoms with van der Waals surface area (Å²) in [6.07, 6.45) is 2.53. The van der Waals surface area contributed by atoms with Crippen LogP contribution in [0.2, 0.25) is 10.0 Å². The highest BCUT2D eigenvalue weighted by atomic mass is 35.5. The molecular formula is C12H14Cl2N2. The lowest BCUT2D eigenvalue weighted by molar-refractivity contribution is 0.241. The number of piperazine rings is 1. The quantitative estimate of drug-likeness (QED) is 0.832. The van der Waals surface area contributed by atoms with Crippen LogP contribution in [0.4, 0.5) is 5.69 Å². The van der Waals surface area contributed by atoms with Gasteiger partial charge in [0.05, 0.1) is 15.7 Å². The number of benzene rings is 1. The summed E-state index contributed by atoms with van der Waals surface area (Å²) in [7, 11) is 0. The van der Waals surface area contributed by atoms with Crippen LogP contribution in [-0.4, -0.2) is 25.2 Å². The van der Waals surface area contributed by atoms with Gasteiger partial charge in [0, 0.05) is 25.2 Å². The Kier molecular flexibility index (Phi) is 2.74. The third kappa shape index (κ3) is 1.60. The largest absolute Gasteiger partial charge is 0.364 e. The molecule has 1 heterocycles. The van der Waals surface area contributed by atoms with Crippen LogP contribution in [-0.2, 0) is 0 Å². The average molecular weight is 257 g/mol.